The third-order valence-electron chi connectivity index (χ3n) is 5.01. The van der Waals surface area contributed by atoms with Gasteiger partial charge in [-0.1, -0.05) is 12.1 Å². The Morgan fingerprint density at radius 3 is 2.45 bits per heavy atom. The zero-order valence-corrected chi connectivity index (χ0v) is 18.4. The van der Waals surface area contributed by atoms with Gasteiger partial charge in [-0.2, -0.15) is 13.2 Å². The summed E-state index contributed by atoms with van der Waals surface area (Å²) >= 11 is 0. The molecule has 2 heterocycles. The Balaban J connectivity index is 2.07. The fourth-order valence-corrected chi connectivity index (χ4v) is 3.78. The summed E-state index contributed by atoms with van der Waals surface area (Å²) in [5.74, 6) is 0.766. The van der Waals surface area contributed by atoms with Gasteiger partial charge >= 0.3 is 6.18 Å². The molecule has 1 aromatic carbocycles. The van der Waals surface area contributed by atoms with Crippen LogP contribution >= 0.6 is 0 Å². The molecule has 31 heavy (non-hydrogen) atoms. The molecule has 1 atom stereocenters. The Morgan fingerprint density at radius 2 is 1.84 bits per heavy atom. The van der Waals surface area contributed by atoms with Gasteiger partial charge in [0.05, 0.1) is 35.1 Å². The third kappa shape index (κ3) is 4.71. The normalized spacial score (nSPS) is 13.3. The molecule has 0 spiro atoms. The number of nitrogens with one attached hydrogen (secondary N) is 1. The van der Waals surface area contributed by atoms with E-state index in [1.165, 1.54) is 26.2 Å². The Morgan fingerprint density at radius 1 is 1.16 bits per heavy atom. The molecule has 0 saturated heterocycles. The van der Waals surface area contributed by atoms with Crippen LogP contribution in [-0.2, 0) is 16.2 Å². The largest absolute Gasteiger partial charge is 0.416 e. The van der Waals surface area contributed by atoms with E-state index in [4.69, 9.17) is 0 Å². The van der Waals surface area contributed by atoms with Gasteiger partial charge < -0.3 is 5.32 Å². The number of aromatic nitrogens is 3. The monoisotopic (exact) mass is 453 g/mol. The second kappa shape index (κ2) is 7.95. The van der Waals surface area contributed by atoms with Gasteiger partial charge in [-0.05, 0) is 44.0 Å². The molecule has 3 aromatic rings. The highest BCUT2D eigenvalue weighted by Gasteiger charge is 2.33. The van der Waals surface area contributed by atoms with E-state index in [0.29, 0.717) is 33.9 Å². The number of alkyl halides is 3. The molecule has 3 rings (SSSR count). The van der Waals surface area contributed by atoms with Crippen LogP contribution in [0.15, 0.2) is 30.5 Å². The minimum atomic E-state index is -4.45. The number of nitrogens with zero attached hydrogens (tertiary/aromatic N) is 4. The Bertz CT molecular complexity index is 1250. The summed E-state index contributed by atoms with van der Waals surface area (Å²) in [4.78, 5) is 12.9. The average Bonchev–Trinajstić information content (AvgIpc) is 2.65. The molecule has 11 heteroatoms. The lowest BCUT2D eigenvalue weighted by molar-refractivity contribution is -0.138. The van der Waals surface area contributed by atoms with Gasteiger partial charge in [0, 0.05) is 7.05 Å². The molecule has 0 aliphatic rings. The minimum absolute atomic E-state index is 0.126. The summed E-state index contributed by atoms with van der Waals surface area (Å²) in [6, 6.07) is 5.10. The highest BCUT2D eigenvalue weighted by atomic mass is 32.2. The smallest absolute Gasteiger partial charge is 0.363 e. The van der Waals surface area contributed by atoms with Crippen molar-refractivity contribution in [2.75, 3.05) is 22.9 Å². The van der Waals surface area contributed by atoms with Crippen molar-refractivity contribution in [3.8, 4) is 0 Å². The van der Waals surface area contributed by atoms with Crippen molar-refractivity contribution >= 4 is 32.6 Å². The molecule has 7 nitrogen and oxygen atoms in total. The quantitative estimate of drug-likeness (QED) is 0.622. The number of hydrogen-bond acceptors (Lipinski definition) is 6. The van der Waals surface area contributed by atoms with Gasteiger partial charge in [0.25, 0.3) is 0 Å². The second-order valence-corrected chi connectivity index (χ2v) is 9.31. The van der Waals surface area contributed by atoms with E-state index < -0.39 is 27.8 Å². The first-order valence-corrected chi connectivity index (χ1v) is 11.2. The van der Waals surface area contributed by atoms with Crippen molar-refractivity contribution in [3.63, 3.8) is 0 Å². The number of anilines is 2. The minimum Gasteiger partial charge on any atom is -0.363 e. The number of halogens is 3. The maximum absolute atomic E-state index is 13.3. The fourth-order valence-electron chi connectivity index (χ4n) is 3.30. The highest BCUT2D eigenvalue weighted by molar-refractivity contribution is 7.92. The number of benzene rings is 1. The number of aryl methyl sites for hydroxylation is 1. The van der Waals surface area contributed by atoms with Gasteiger partial charge in [0.2, 0.25) is 10.0 Å². The van der Waals surface area contributed by atoms with Crippen LogP contribution in [0.4, 0.5) is 24.7 Å². The summed E-state index contributed by atoms with van der Waals surface area (Å²) in [6.45, 7) is 4.83. The first-order chi connectivity index (χ1) is 14.3. The van der Waals surface area contributed by atoms with Crippen molar-refractivity contribution in [2.45, 2.75) is 33.0 Å². The Hall–Kier alpha value is -2.95. The first kappa shape index (κ1) is 22.7. The number of sulfonamides is 1. The van der Waals surface area contributed by atoms with E-state index in [9.17, 15) is 21.6 Å². The topological polar surface area (TPSA) is 88.1 Å². The molecular formula is C20H22F3N5O2S. The summed E-state index contributed by atoms with van der Waals surface area (Å²) < 4.78 is 64.7. The third-order valence-corrected chi connectivity index (χ3v) is 6.22. The molecule has 0 radical (unpaired) electrons. The van der Waals surface area contributed by atoms with Crippen LogP contribution in [0.1, 0.15) is 35.5 Å². The van der Waals surface area contributed by atoms with E-state index in [1.807, 2.05) is 0 Å². The molecule has 1 N–H and O–H groups in total. The zero-order chi connectivity index (χ0) is 23.1. The summed E-state index contributed by atoms with van der Waals surface area (Å²) in [6.07, 6.45) is -1.99. The molecule has 0 saturated carbocycles. The van der Waals surface area contributed by atoms with Gasteiger partial charge in [0.1, 0.15) is 11.6 Å². The maximum atomic E-state index is 13.3. The van der Waals surface area contributed by atoms with Gasteiger partial charge in [0.15, 0.2) is 5.65 Å². The van der Waals surface area contributed by atoms with Crippen molar-refractivity contribution in [3.05, 3.63) is 53.0 Å². The molecule has 166 valence electrons. The lowest BCUT2D eigenvalue weighted by atomic mass is 9.97. The highest BCUT2D eigenvalue weighted by Crippen LogP contribution is 2.35. The predicted molar refractivity (Wildman–Crippen MR) is 114 cm³/mol. The molecule has 0 bridgehead atoms. The van der Waals surface area contributed by atoms with Crippen molar-refractivity contribution in [1.82, 2.24) is 15.0 Å². The van der Waals surface area contributed by atoms with Crippen molar-refractivity contribution < 1.29 is 21.6 Å². The van der Waals surface area contributed by atoms with Crippen LogP contribution in [0.2, 0.25) is 0 Å². The van der Waals surface area contributed by atoms with Gasteiger partial charge in [-0.15, -0.1) is 0 Å². The molecule has 0 fully saturated rings. The average molecular weight is 453 g/mol. The first-order valence-electron chi connectivity index (χ1n) is 9.30. The van der Waals surface area contributed by atoms with E-state index in [2.05, 4.69) is 20.3 Å². The summed E-state index contributed by atoms with van der Waals surface area (Å²) in [7, 11) is -2.11. The fraction of sp³-hybridized carbons (Fsp3) is 0.350. The molecule has 0 aliphatic carbocycles. The van der Waals surface area contributed by atoms with Crippen molar-refractivity contribution in [2.24, 2.45) is 0 Å². The second-order valence-electron chi connectivity index (χ2n) is 7.30. The Kier molecular flexibility index (Phi) is 5.83. The van der Waals surface area contributed by atoms with E-state index in [0.717, 1.165) is 16.6 Å². The van der Waals surface area contributed by atoms with Crippen LogP contribution < -0.4 is 9.62 Å². The molecule has 0 aliphatic heterocycles. The lowest BCUT2D eigenvalue weighted by Crippen LogP contribution is -2.25. The standard InChI is InChI=1S/C20H22F3N5O2S/c1-11-15(7-6-8-17(11)20(21,22)23)12(2)25-19-16-9-14(28(4)31(5,29)30)10-24-18(16)26-13(3)27-19/h6-10,12H,1-5H3,(H,24,25,26,27). The predicted octanol–water partition coefficient (Wildman–Crippen LogP) is 4.23. The molecule has 0 amide bonds. The van der Waals surface area contributed by atoms with Crippen molar-refractivity contribution in [1.29, 1.82) is 0 Å². The van der Waals surface area contributed by atoms with E-state index >= 15 is 0 Å². The molecule has 1 unspecified atom stereocenters. The number of rotatable bonds is 5. The van der Waals surface area contributed by atoms with Crippen LogP contribution in [0.5, 0.6) is 0 Å². The number of fused-ring (bicyclic) bond motifs is 1. The maximum Gasteiger partial charge on any atom is 0.416 e. The van der Waals surface area contributed by atoms with E-state index in [-0.39, 0.29) is 5.56 Å². The molecular weight excluding hydrogens is 431 g/mol. The summed E-state index contributed by atoms with van der Waals surface area (Å²) in [5.41, 5.74) is 0.556. The van der Waals surface area contributed by atoms with Crippen LogP contribution in [-0.4, -0.2) is 36.7 Å². The lowest BCUT2D eigenvalue weighted by Gasteiger charge is -2.21. The SMILES string of the molecule is Cc1nc(NC(C)c2cccc(C(F)(F)F)c2C)c2cc(N(C)S(C)(=O)=O)cnc2n1. The van der Waals surface area contributed by atoms with Gasteiger partial charge in [-0.3, -0.25) is 4.31 Å². The van der Waals surface area contributed by atoms with E-state index in [1.54, 1.807) is 26.0 Å². The summed E-state index contributed by atoms with van der Waals surface area (Å²) in [5, 5.41) is 3.59. The molecule has 2 aromatic heterocycles. The van der Waals surface area contributed by atoms with Crippen LogP contribution in [0.25, 0.3) is 11.0 Å². The van der Waals surface area contributed by atoms with Crippen LogP contribution in [0, 0.1) is 13.8 Å². The van der Waals surface area contributed by atoms with Gasteiger partial charge in [-0.25, -0.2) is 23.4 Å². The zero-order valence-electron chi connectivity index (χ0n) is 17.6. The Labute approximate surface area is 178 Å². The van der Waals surface area contributed by atoms with Crippen LogP contribution in [0.3, 0.4) is 0 Å². The number of hydrogen-bond donors (Lipinski definition) is 1. The number of pyridine rings is 1.